The summed E-state index contributed by atoms with van der Waals surface area (Å²) >= 11 is 0. The molecule has 0 bridgehead atoms. The molecule has 0 saturated carbocycles. The molecule has 4 nitrogen and oxygen atoms in total. The van der Waals surface area contributed by atoms with Gasteiger partial charge in [0.25, 0.3) is 0 Å². The van der Waals surface area contributed by atoms with Crippen molar-refractivity contribution >= 4 is 25.2 Å². The number of hydrogen-bond acceptors (Lipinski definition) is 3. The molecule has 1 atom stereocenters. The molecule has 0 radical (unpaired) electrons. The van der Waals surface area contributed by atoms with E-state index < -0.39 is 25.5 Å². The minimum absolute atomic E-state index is 0.00905. The summed E-state index contributed by atoms with van der Waals surface area (Å²) < 4.78 is 21.2. The number of aromatic nitrogens is 1. The SMILES string of the molecule is CC1CCc2cc(F)cc3c(=O)c(C(=O)O[Si](C)(C)C)cn1c23. The third-order valence-corrected chi connectivity index (χ3v) is 4.89. The Balaban J connectivity index is 2.29. The normalized spacial score (nSPS) is 17.3. The van der Waals surface area contributed by atoms with Gasteiger partial charge in [0, 0.05) is 17.6 Å². The minimum atomic E-state index is -2.12. The fourth-order valence-corrected chi connectivity index (χ4v) is 3.73. The first-order chi connectivity index (χ1) is 10.7. The van der Waals surface area contributed by atoms with Crippen LogP contribution in [0.5, 0.6) is 0 Å². The summed E-state index contributed by atoms with van der Waals surface area (Å²) in [5.74, 6) is -1.05. The van der Waals surface area contributed by atoms with Gasteiger partial charge in [0.05, 0.1) is 5.52 Å². The Morgan fingerprint density at radius 1 is 1.35 bits per heavy atom. The van der Waals surface area contributed by atoms with Crippen LogP contribution < -0.4 is 5.43 Å². The lowest BCUT2D eigenvalue weighted by molar-refractivity contribution is 0.0722. The van der Waals surface area contributed by atoms with Gasteiger partial charge >= 0.3 is 5.97 Å². The standard InChI is InChI=1S/C17H20FNO3Si/c1-10-5-6-11-7-12(18)8-13-15(11)19(10)9-14(16(13)20)17(21)22-23(2,3)4/h7-10H,5-6H2,1-4H3. The Hall–Kier alpha value is -1.95. The van der Waals surface area contributed by atoms with Crippen molar-refractivity contribution in [3.8, 4) is 0 Å². The van der Waals surface area contributed by atoms with Crippen LogP contribution in [-0.4, -0.2) is 18.9 Å². The second-order valence-electron chi connectivity index (χ2n) is 7.13. The summed E-state index contributed by atoms with van der Waals surface area (Å²) in [6.45, 7) is 7.68. The molecule has 122 valence electrons. The van der Waals surface area contributed by atoms with E-state index >= 15 is 0 Å². The molecule has 1 aromatic carbocycles. The highest BCUT2D eigenvalue weighted by Crippen LogP contribution is 2.30. The quantitative estimate of drug-likeness (QED) is 0.788. The summed E-state index contributed by atoms with van der Waals surface area (Å²) in [7, 11) is -2.12. The number of aryl methyl sites for hydroxylation is 1. The fraction of sp³-hybridized carbons (Fsp3) is 0.412. The molecule has 0 aliphatic carbocycles. The van der Waals surface area contributed by atoms with Gasteiger partial charge in [-0.1, -0.05) is 0 Å². The first-order valence-electron chi connectivity index (χ1n) is 7.78. The lowest BCUT2D eigenvalue weighted by Gasteiger charge is -2.27. The zero-order valence-corrected chi connectivity index (χ0v) is 14.8. The lowest BCUT2D eigenvalue weighted by Crippen LogP contribution is -2.32. The maximum atomic E-state index is 13.9. The second-order valence-corrected chi connectivity index (χ2v) is 11.6. The van der Waals surface area contributed by atoms with Crippen molar-refractivity contribution < 1.29 is 13.6 Å². The zero-order valence-electron chi connectivity index (χ0n) is 13.8. The van der Waals surface area contributed by atoms with Crippen LogP contribution in [0.3, 0.4) is 0 Å². The lowest BCUT2D eigenvalue weighted by atomic mass is 9.96. The van der Waals surface area contributed by atoms with Crippen molar-refractivity contribution in [3.63, 3.8) is 0 Å². The van der Waals surface area contributed by atoms with Gasteiger partial charge in [-0.2, -0.15) is 0 Å². The summed E-state index contributed by atoms with van der Waals surface area (Å²) in [5, 5.41) is 0.261. The van der Waals surface area contributed by atoms with Gasteiger partial charge in [0.2, 0.25) is 13.7 Å². The fourth-order valence-electron chi connectivity index (χ4n) is 3.06. The van der Waals surface area contributed by atoms with Crippen molar-refractivity contribution in [1.82, 2.24) is 4.57 Å². The number of benzene rings is 1. The number of rotatable bonds is 2. The van der Waals surface area contributed by atoms with Crippen LogP contribution in [0.2, 0.25) is 19.6 Å². The maximum Gasteiger partial charge on any atom is 0.330 e. The van der Waals surface area contributed by atoms with E-state index in [0.717, 1.165) is 23.9 Å². The highest BCUT2D eigenvalue weighted by Gasteiger charge is 2.27. The van der Waals surface area contributed by atoms with Crippen LogP contribution in [0, 0.1) is 5.82 Å². The van der Waals surface area contributed by atoms with Gasteiger partial charge in [0.15, 0.2) is 0 Å². The van der Waals surface area contributed by atoms with E-state index in [1.807, 2.05) is 31.1 Å². The molecule has 0 spiro atoms. The molecular weight excluding hydrogens is 313 g/mol. The van der Waals surface area contributed by atoms with Gasteiger partial charge < -0.3 is 8.99 Å². The minimum Gasteiger partial charge on any atom is -0.516 e. The van der Waals surface area contributed by atoms with Gasteiger partial charge in [-0.25, -0.2) is 9.18 Å². The summed E-state index contributed by atoms with van der Waals surface area (Å²) in [6, 6.07) is 2.85. The molecule has 1 aliphatic heterocycles. The van der Waals surface area contributed by atoms with Gasteiger partial charge in [-0.15, -0.1) is 0 Å². The highest BCUT2D eigenvalue weighted by atomic mass is 28.4. The first kappa shape index (κ1) is 15.9. The number of hydrogen-bond donors (Lipinski definition) is 0. The van der Waals surface area contributed by atoms with Crippen molar-refractivity contribution in [2.75, 3.05) is 0 Å². The summed E-state index contributed by atoms with van der Waals surface area (Å²) in [4.78, 5) is 25.1. The second kappa shape index (κ2) is 5.30. The Morgan fingerprint density at radius 3 is 2.70 bits per heavy atom. The number of nitrogens with zero attached hydrogens (tertiary/aromatic N) is 1. The Kier molecular flexibility index (Phi) is 3.67. The molecule has 2 heterocycles. The van der Waals surface area contributed by atoms with E-state index in [2.05, 4.69) is 0 Å². The third kappa shape index (κ3) is 2.83. The molecule has 0 saturated heterocycles. The average Bonchev–Trinajstić information content (AvgIpc) is 2.42. The molecule has 3 rings (SSSR count). The summed E-state index contributed by atoms with van der Waals surface area (Å²) in [6.07, 6.45) is 3.16. The Bertz CT molecular complexity index is 867. The van der Waals surface area contributed by atoms with Crippen LogP contribution in [0.15, 0.2) is 23.1 Å². The molecule has 0 fully saturated rings. The van der Waals surface area contributed by atoms with Crippen molar-refractivity contribution in [2.24, 2.45) is 0 Å². The van der Waals surface area contributed by atoms with E-state index in [0.29, 0.717) is 0 Å². The third-order valence-electron chi connectivity index (χ3n) is 4.09. The smallest absolute Gasteiger partial charge is 0.330 e. The molecule has 2 aromatic rings. The van der Waals surface area contributed by atoms with Gasteiger partial charge in [-0.05, 0) is 57.1 Å². The molecule has 0 amide bonds. The molecular formula is C17H20FNO3Si. The molecule has 0 N–H and O–H groups in total. The predicted octanol–water partition coefficient (Wildman–Crippen LogP) is 3.64. The van der Waals surface area contributed by atoms with Crippen LogP contribution in [0.1, 0.15) is 35.3 Å². The van der Waals surface area contributed by atoms with Gasteiger partial charge in [0.1, 0.15) is 11.4 Å². The number of carbonyl (C=O) groups is 1. The maximum absolute atomic E-state index is 13.9. The topological polar surface area (TPSA) is 48.3 Å². The van der Waals surface area contributed by atoms with Gasteiger partial charge in [-0.3, -0.25) is 4.79 Å². The number of halogens is 1. The summed E-state index contributed by atoms with van der Waals surface area (Å²) in [5.41, 5.74) is 1.10. The highest BCUT2D eigenvalue weighted by molar-refractivity contribution is 6.71. The zero-order chi connectivity index (χ0) is 16.9. The number of pyridine rings is 1. The van der Waals surface area contributed by atoms with Crippen LogP contribution in [0.4, 0.5) is 4.39 Å². The molecule has 1 aliphatic rings. The molecule has 1 aromatic heterocycles. The predicted molar refractivity (Wildman–Crippen MR) is 90.0 cm³/mol. The molecule has 23 heavy (non-hydrogen) atoms. The van der Waals surface area contributed by atoms with Crippen molar-refractivity contribution in [1.29, 1.82) is 0 Å². The Labute approximate surface area is 135 Å². The van der Waals surface area contributed by atoms with Crippen LogP contribution >= 0.6 is 0 Å². The van der Waals surface area contributed by atoms with E-state index in [9.17, 15) is 14.0 Å². The van der Waals surface area contributed by atoms with Crippen molar-refractivity contribution in [2.45, 2.75) is 45.4 Å². The molecule has 6 heteroatoms. The van der Waals surface area contributed by atoms with Crippen molar-refractivity contribution in [3.05, 3.63) is 45.5 Å². The monoisotopic (exact) mass is 333 g/mol. The number of carbonyl (C=O) groups excluding carboxylic acids is 1. The van der Waals surface area contributed by atoms with Crippen LogP contribution in [0.25, 0.3) is 10.9 Å². The van der Waals surface area contributed by atoms with E-state index in [1.54, 1.807) is 6.20 Å². The van der Waals surface area contributed by atoms with Crippen LogP contribution in [-0.2, 0) is 10.8 Å². The first-order valence-corrected chi connectivity index (χ1v) is 11.2. The molecule has 1 unspecified atom stereocenters. The Morgan fingerprint density at radius 2 is 2.04 bits per heavy atom. The van der Waals surface area contributed by atoms with E-state index in [1.165, 1.54) is 12.1 Å². The van der Waals surface area contributed by atoms with E-state index in [-0.39, 0.29) is 17.0 Å². The largest absolute Gasteiger partial charge is 0.516 e. The average molecular weight is 333 g/mol. The van der Waals surface area contributed by atoms with E-state index in [4.69, 9.17) is 4.43 Å².